The Bertz CT molecular complexity index is 503. The van der Waals surface area contributed by atoms with E-state index in [1.165, 1.54) is 0 Å². The Balaban J connectivity index is 2.83. The maximum Gasteiger partial charge on any atom is 0.213 e. The normalized spacial score (nSPS) is 10.7. The summed E-state index contributed by atoms with van der Waals surface area (Å²) in [5, 5.41) is 0.970. The Labute approximate surface area is 82.6 Å². The number of hydrogen-bond donors (Lipinski definition) is 1. The number of fused-ring (bicyclic) bond motifs is 1. The average molecular weight is 185 g/mol. The second-order valence-electron chi connectivity index (χ2n) is 3.56. The van der Waals surface area contributed by atoms with Crippen molar-refractivity contribution in [2.24, 2.45) is 0 Å². The van der Waals surface area contributed by atoms with Gasteiger partial charge >= 0.3 is 0 Å². The van der Waals surface area contributed by atoms with E-state index in [-0.39, 0.29) is 0 Å². The Hall–Kier alpha value is -1.82. The number of pyridine rings is 1. The van der Waals surface area contributed by atoms with Gasteiger partial charge in [-0.1, -0.05) is 13.8 Å². The first-order valence-electron chi connectivity index (χ1n) is 4.57. The van der Waals surface area contributed by atoms with E-state index in [9.17, 15) is 0 Å². The molecule has 2 aromatic rings. The van der Waals surface area contributed by atoms with Gasteiger partial charge in [0.05, 0.1) is 6.57 Å². The van der Waals surface area contributed by atoms with Gasteiger partial charge in [0.25, 0.3) is 0 Å². The van der Waals surface area contributed by atoms with E-state index in [0.717, 1.165) is 16.6 Å². The Kier molecular flexibility index (Phi) is 1.97. The summed E-state index contributed by atoms with van der Waals surface area (Å²) in [4.78, 5) is 10.9. The van der Waals surface area contributed by atoms with Crippen LogP contribution in [0, 0.1) is 6.57 Å². The highest BCUT2D eigenvalue weighted by Gasteiger charge is 2.11. The predicted octanol–water partition coefficient (Wildman–Crippen LogP) is 3.24. The van der Waals surface area contributed by atoms with E-state index in [4.69, 9.17) is 6.57 Å². The van der Waals surface area contributed by atoms with Crippen molar-refractivity contribution < 1.29 is 0 Å². The fourth-order valence-corrected chi connectivity index (χ4v) is 1.61. The standard InChI is InChI=1S/C11H11N3/c1-7(2)11-10-8(4-5-13-11)14-6-9(10)12-3/h4-7,14H,1-2H3. The summed E-state index contributed by atoms with van der Waals surface area (Å²) >= 11 is 0. The van der Waals surface area contributed by atoms with Gasteiger partial charge in [0.15, 0.2) is 0 Å². The van der Waals surface area contributed by atoms with Gasteiger partial charge in [0.2, 0.25) is 5.69 Å². The van der Waals surface area contributed by atoms with Gasteiger partial charge in [-0.15, -0.1) is 0 Å². The topological polar surface area (TPSA) is 33.0 Å². The lowest BCUT2D eigenvalue weighted by Gasteiger charge is -2.05. The van der Waals surface area contributed by atoms with E-state index < -0.39 is 0 Å². The molecule has 0 aliphatic rings. The highest BCUT2D eigenvalue weighted by Crippen LogP contribution is 2.31. The number of aromatic nitrogens is 2. The van der Waals surface area contributed by atoms with Gasteiger partial charge < -0.3 is 4.98 Å². The van der Waals surface area contributed by atoms with Gasteiger partial charge in [-0.05, 0) is 12.0 Å². The van der Waals surface area contributed by atoms with Crippen molar-refractivity contribution in [1.29, 1.82) is 0 Å². The fraction of sp³-hybridized carbons (Fsp3) is 0.273. The van der Waals surface area contributed by atoms with Crippen molar-refractivity contribution in [2.75, 3.05) is 0 Å². The number of aromatic amines is 1. The predicted molar refractivity (Wildman–Crippen MR) is 56.4 cm³/mol. The second-order valence-corrected chi connectivity index (χ2v) is 3.56. The van der Waals surface area contributed by atoms with Crippen LogP contribution < -0.4 is 0 Å². The Morgan fingerprint density at radius 1 is 1.50 bits per heavy atom. The van der Waals surface area contributed by atoms with Crippen LogP contribution in [0.3, 0.4) is 0 Å². The zero-order chi connectivity index (χ0) is 10.1. The highest BCUT2D eigenvalue weighted by molar-refractivity contribution is 5.94. The first-order chi connectivity index (χ1) is 6.74. The second kappa shape index (κ2) is 3.15. The largest absolute Gasteiger partial charge is 0.372 e. The van der Waals surface area contributed by atoms with E-state index in [1.807, 2.05) is 6.07 Å². The molecular weight excluding hydrogens is 174 g/mol. The molecule has 0 spiro atoms. The quantitative estimate of drug-likeness (QED) is 0.680. The van der Waals surface area contributed by atoms with Gasteiger partial charge in [0.1, 0.15) is 0 Å². The van der Waals surface area contributed by atoms with Gasteiger partial charge in [-0.3, -0.25) is 4.98 Å². The molecule has 3 heteroatoms. The van der Waals surface area contributed by atoms with Crippen molar-refractivity contribution in [1.82, 2.24) is 9.97 Å². The molecule has 0 radical (unpaired) electrons. The molecule has 0 saturated carbocycles. The first kappa shape index (κ1) is 8.76. The molecule has 0 bridgehead atoms. The van der Waals surface area contributed by atoms with Crippen molar-refractivity contribution in [2.45, 2.75) is 19.8 Å². The third kappa shape index (κ3) is 1.16. The van der Waals surface area contributed by atoms with Crippen LogP contribution in [0.5, 0.6) is 0 Å². The van der Waals surface area contributed by atoms with Crippen LogP contribution in [0.1, 0.15) is 25.5 Å². The number of rotatable bonds is 1. The summed E-state index contributed by atoms with van der Waals surface area (Å²) in [5.74, 6) is 0.343. The number of hydrogen-bond acceptors (Lipinski definition) is 1. The molecule has 0 saturated heterocycles. The zero-order valence-electron chi connectivity index (χ0n) is 8.20. The molecule has 1 N–H and O–H groups in total. The highest BCUT2D eigenvalue weighted by atomic mass is 14.8. The maximum atomic E-state index is 7.06. The summed E-state index contributed by atoms with van der Waals surface area (Å²) in [7, 11) is 0. The number of nitrogens with zero attached hydrogens (tertiary/aromatic N) is 2. The van der Waals surface area contributed by atoms with Crippen molar-refractivity contribution in [3.63, 3.8) is 0 Å². The Morgan fingerprint density at radius 3 is 2.93 bits per heavy atom. The molecule has 0 fully saturated rings. The van der Waals surface area contributed by atoms with Crippen LogP contribution in [0.4, 0.5) is 5.69 Å². The molecular formula is C11H11N3. The monoisotopic (exact) mass is 185 g/mol. The van der Waals surface area contributed by atoms with Crippen LogP contribution >= 0.6 is 0 Å². The minimum absolute atomic E-state index is 0.343. The molecule has 2 aromatic heterocycles. The average Bonchev–Trinajstić information content (AvgIpc) is 2.59. The van der Waals surface area contributed by atoms with Crippen molar-refractivity contribution >= 4 is 16.6 Å². The van der Waals surface area contributed by atoms with Gasteiger partial charge in [0, 0.05) is 29.0 Å². The minimum Gasteiger partial charge on any atom is -0.372 e. The Morgan fingerprint density at radius 2 is 2.29 bits per heavy atom. The zero-order valence-corrected chi connectivity index (χ0v) is 8.20. The lowest BCUT2D eigenvalue weighted by Crippen LogP contribution is -1.92. The molecule has 0 aromatic carbocycles. The summed E-state index contributed by atoms with van der Waals surface area (Å²) in [6, 6.07) is 1.90. The fourth-order valence-electron chi connectivity index (χ4n) is 1.61. The van der Waals surface area contributed by atoms with Gasteiger partial charge in [-0.25, -0.2) is 4.85 Å². The van der Waals surface area contributed by atoms with E-state index in [1.54, 1.807) is 12.4 Å². The van der Waals surface area contributed by atoms with Crippen molar-refractivity contribution in [3.8, 4) is 0 Å². The smallest absolute Gasteiger partial charge is 0.213 e. The minimum atomic E-state index is 0.343. The van der Waals surface area contributed by atoms with E-state index in [2.05, 4.69) is 28.7 Å². The third-order valence-electron chi connectivity index (χ3n) is 2.27. The SMILES string of the molecule is [C-]#[N+]c1c[nH]c2ccnc(C(C)C)c12. The van der Waals surface area contributed by atoms with Crippen LogP contribution in [0.25, 0.3) is 15.7 Å². The molecule has 70 valence electrons. The summed E-state index contributed by atoms with van der Waals surface area (Å²) in [6.45, 7) is 11.2. The molecule has 0 atom stereocenters. The molecule has 3 nitrogen and oxygen atoms in total. The van der Waals surface area contributed by atoms with Crippen LogP contribution in [0.2, 0.25) is 0 Å². The first-order valence-corrected chi connectivity index (χ1v) is 4.57. The van der Waals surface area contributed by atoms with Crippen LogP contribution in [-0.2, 0) is 0 Å². The number of nitrogens with one attached hydrogen (secondary N) is 1. The molecule has 0 unspecified atom stereocenters. The molecule has 0 aliphatic heterocycles. The van der Waals surface area contributed by atoms with Crippen LogP contribution in [-0.4, -0.2) is 9.97 Å². The van der Waals surface area contributed by atoms with E-state index >= 15 is 0 Å². The maximum absolute atomic E-state index is 7.06. The van der Waals surface area contributed by atoms with E-state index in [0.29, 0.717) is 11.6 Å². The molecule has 14 heavy (non-hydrogen) atoms. The molecule has 2 heterocycles. The third-order valence-corrected chi connectivity index (χ3v) is 2.27. The molecule has 0 amide bonds. The summed E-state index contributed by atoms with van der Waals surface area (Å²) in [6.07, 6.45) is 3.52. The van der Waals surface area contributed by atoms with Crippen molar-refractivity contribution in [3.05, 3.63) is 35.6 Å². The molecule has 2 rings (SSSR count). The summed E-state index contributed by atoms with van der Waals surface area (Å²) in [5.41, 5.74) is 2.65. The number of H-pyrrole nitrogens is 1. The van der Waals surface area contributed by atoms with Gasteiger partial charge in [-0.2, -0.15) is 0 Å². The van der Waals surface area contributed by atoms with Crippen LogP contribution in [0.15, 0.2) is 18.5 Å². The lowest BCUT2D eigenvalue weighted by atomic mass is 10.1. The lowest BCUT2D eigenvalue weighted by molar-refractivity contribution is 0.835. The molecule has 0 aliphatic carbocycles. The summed E-state index contributed by atoms with van der Waals surface area (Å²) < 4.78 is 0.